The van der Waals surface area contributed by atoms with E-state index in [1.54, 1.807) is 0 Å². The second-order valence-electron chi connectivity index (χ2n) is 2.43. The molecule has 0 heterocycles. The van der Waals surface area contributed by atoms with E-state index in [2.05, 4.69) is 0 Å². The molecule has 1 N–H and O–H groups in total. The van der Waals surface area contributed by atoms with Crippen molar-refractivity contribution in [3.05, 3.63) is 39.9 Å². The number of aromatic hydroxyl groups is 1. The third-order valence-electron chi connectivity index (χ3n) is 1.48. The number of hydrogen-bond donors (Lipinski definition) is 1. The van der Waals surface area contributed by atoms with Crippen molar-refractivity contribution in [1.82, 2.24) is 0 Å². The number of carbonyl (C=O) groups excluding carboxylic acids is 1. The van der Waals surface area contributed by atoms with Crippen molar-refractivity contribution in [2.45, 2.75) is 0 Å². The molecule has 0 aromatic heterocycles. The summed E-state index contributed by atoms with van der Waals surface area (Å²) in [5.41, 5.74) is -0.0146. The molecule has 0 saturated carbocycles. The fraction of sp³-hybridized carbons (Fsp3) is 0.125. The van der Waals surface area contributed by atoms with E-state index in [0.29, 0.717) is 0 Å². The number of benzene rings is 1. The predicted octanol–water partition coefficient (Wildman–Crippen LogP) is 0.852. The van der Waals surface area contributed by atoms with E-state index < -0.39 is 17.3 Å². The average molecular weight is 181 g/mol. The van der Waals surface area contributed by atoms with Gasteiger partial charge in [-0.05, 0) is 12.1 Å². The second kappa shape index (κ2) is 3.66. The van der Waals surface area contributed by atoms with Gasteiger partial charge in [0.15, 0.2) is 0 Å². The molecule has 0 amide bonds. The summed E-state index contributed by atoms with van der Waals surface area (Å²) in [6.07, 6.45) is 0. The maximum absolute atomic E-state index is 11.1. The van der Waals surface area contributed by atoms with Crippen molar-refractivity contribution in [2.24, 2.45) is 0 Å². The Bertz CT molecular complexity index is 348. The SMILES string of the molecule is O=C(C[N+](=O)[O-])c1ccccc1O. The van der Waals surface area contributed by atoms with Gasteiger partial charge < -0.3 is 5.11 Å². The number of Topliss-reactive ketones (excluding diaryl/α,β-unsaturated/α-hetero) is 1. The fourth-order valence-corrected chi connectivity index (χ4v) is 0.912. The highest BCUT2D eigenvalue weighted by Crippen LogP contribution is 2.15. The molecule has 0 bridgehead atoms. The minimum Gasteiger partial charge on any atom is -0.507 e. The van der Waals surface area contributed by atoms with E-state index in [0.717, 1.165) is 0 Å². The van der Waals surface area contributed by atoms with Gasteiger partial charge in [-0.15, -0.1) is 0 Å². The zero-order valence-electron chi connectivity index (χ0n) is 6.64. The maximum atomic E-state index is 11.1. The monoisotopic (exact) mass is 181 g/mol. The lowest BCUT2D eigenvalue weighted by Crippen LogP contribution is -2.13. The third-order valence-corrected chi connectivity index (χ3v) is 1.48. The molecular formula is C8H7NO4. The molecule has 0 atom stereocenters. The number of nitrogens with zero attached hydrogens (tertiary/aromatic N) is 1. The van der Waals surface area contributed by atoms with Crippen LogP contribution in [-0.4, -0.2) is 22.4 Å². The number of nitro groups is 1. The van der Waals surface area contributed by atoms with Crippen molar-refractivity contribution in [3.8, 4) is 5.75 Å². The number of phenolic OH excluding ortho intramolecular Hbond substituents is 1. The van der Waals surface area contributed by atoms with Crippen molar-refractivity contribution < 1.29 is 14.8 Å². The molecule has 0 saturated heterocycles. The van der Waals surface area contributed by atoms with Gasteiger partial charge in [-0.1, -0.05) is 12.1 Å². The standard InChI is InChI=1S/C8H7NO4/c10-7-4-2-1-3-6(7)8(11)5-9(12)13/h1-4,10H,5H2. The second-order valence-corrected chi connectivity index (χ2v) is 2.43. The normalized spacial score (nSPS) is 9.54. The van der Waals surface area contributed by atoms with Gasteiger partial charge in [-0.25, -0.2) is 0 Å². The van der Waals surface area contributed by atoms with Crippen LogP contribution >= 0.6 is 0 Å². The summed E-state index contributed by atoms with van der Waals surface area (Å²) < 4.78 is 0. The molecule has 1 rings (SSSR count). The molecular weight excluding hydrogens is 174 g/mol. The van der Waals surface area contributed by atoms with Crippen LogP contribution in [-0.2, 0) is 0 Å². The van der Waals surface area contributed by atoms with E-state index in [9.17, 15) is 14.9 Å². The quantitative estimate of drug-likeness (QED) is 0.426. The molecule has 5 nitrogen and oxygen atoms in total. The van der Waals surface area contributed by atoms with E-state index in [1.165, 1.54) is 24.3 Å². The molecule has 1 aromatic rings. The molecule has 68 valence electrons. The number of hydrogen-bond acceptors (Lipinski definition) is 4. The van der Waals surface area contributed by atoms with Gasteiger partial charge in [0.05, 0.1) is 5.56 Å². The summed E-state index contributed by atoms with van der Waals surface area (Å²) in [6.45, 7) is -0.794. The largest absolute Gasteiger partial charge is 0.507 e. The minimum atomic E-state index is -0.794. The van der Waals surface area contributed by atoms with Gasteiger partial charge in [0.1, 0.15) is 5.75 Å². The lowest BCUT2D eigenvalue weighted by molar-refractivity contribution is -0.465. The zero-order chi connectivity index (χ0) is 9.84. The molecule has 0 aliphatic rings. The number of para-hydroxylation sites is 1. The Morgan fingerprint density at radius 2 is 2.08 bits per heavy atom. The molecule has 5 heteroatoms. The number of rotatable bonds is 3. The van der Waals surface area contributed by atoms with Crippen LogP contribution in [0.25, 0.3) is 0 Å². The molecule has 1 aromatic carbocycles. The number of ketones is 1. The van der Waals surface area contributed by atoms with Crippen LogP contribution in [0.1, 0.15) is 10.4 Å². The summed E-state index contributed by atoms with van der Waals surface area (Å²) >= 11 is 0. The lowest BCUT2D eigenvalue weighted by atomic mass is 10.1. The Labute approximate surface area is 73.8 Å². The minimum absolute atomic E-state index is 0.0146. The van der Waals surface area contributed by atoms with E-state index in [4.69, 9.17) is 5.11 Å². The molecule has 0 aliphatic heterocycles. The van der Waals surface area contributed by atoms with Gasteiger partial charge >= 0.3 is 0 Å². The zero-order valence-corrected chi connectivity index (χ0v) is 6.64. The van der Waals surface area contributed by atoms with Gasteiger partial charge in [-0.2, -0.15) is 0 Å². The molecule has 0 unspecified atom stereocenters. The van der Waals surface area contributed by atoms with E-state index in [1.807, 2.05) is 0 Å². The van der Waals surface area contributed by atoms with E-state index >= 15 is 0 Å². The van der Waals surface area contributed by atoms with Crippen LogP contribution in [0.3, 0.4) is 0 Å². The number of phenols is 1. The first-order chi connectivity index (χ1) is 6.11. The molecule has 0 aliphatic carbocycles. The summed E-state index contributed by atoms with van der Waals surface area (Å²) in [5.74, 6) is -0.919. The average Bonchev–Trinajstić information content (AvgIpc) is 2.03. The molecule has 0 fully saturated rings. The van der Waals surface area contributed by atoms with Gasteiger partial charge in [0, 0.05) is 4.92 Å². The van der Waals surface area contributed by atoms with Crippen LogP contribution in [0.4, 0.5) is 0 Å². The van der Waals surface area contributed by atoms with Crippen LogP contribution in [0.5, 0.6) is 5.75 Å². The Morgan fingerprint density at radius 1 is 1.46 bits per heavy atom. The van der Waals surface area contributed by atoms with Crippen LogP contribution in [0.15, 0.2) is 24.3 Å². The topological polar surface area (TPSA) is 80.4 Å². The first-order valence-corrected chi connectivity index (χ1v) is 3.54. The summed E-state index contributed by atoms with van der Waals surface area (Å²) in [7, 11) is 0. The Hall–Kier alpha value is -1.91. The highest BCUT2D eigenvalue weighted by atomic mass is 16.6. The molecule has 13 heavy (non-hydrogen) atoms. The number of carbonyl (C=O) groups is 1. The van der Waals surface area contributed by atoms with Crippen molar-refractivity contribution in [2.75, 3.05) is 6.54 Å². The Kier molecular flexibility index (Phi) is 2.59. The Balaban J connectivity index is 2.89. The van der Waals surface area contributed by atoms with Gasteiger partial charge in [-0.3, -0.25) is 14.9 Å². The summed E-state index contributed by atoms with van der Waals surface area (Å²) in [6, 6.07) is 5.74. The summed E-state index contributed by atoms with van der Waals surface area (Å²) in [5, 5.41) is 19.1. The first kappa shape index (κ1) is 9.18. The Morgan fingerprint density at radius 3 is 2.62 bits per heavy atom. The van der Waals surface area contributed by atoms with Crippen LogP contribution < -0.4 is 0 Å². The fourth-order valence-electron chi connectivity index (χ4n) is 0.912. The third kappa shape index (κ3) is 2.26. The predicted molar refractivity (Wildman–Crippen MR) is 44.3 cm³/mol. The van der Waals surface area contributed by atoms with Crippen molar-refractivity contribution >= 4 is 5.78 Å². The molecule has 0 spiro atoms. The molecule has 0 radical (unpaired) electrons. The maximum Gasteiger partial charge on any atom is 0.265 e. The first-order valence-electron chi connectivity index (χ1n) is 3.54. The lowest BCUT2D eigenvalue weighted by Gasteiger charge is -1.98. The van der Waals surface area contributed by atoms with E-state index in [-0.39, 0.29) is 11.3 Å². The van der Waals surface area contributed by atoms with Gasteiger partial charge in [0.25, 0.3) is 6.54 Å². The highest BCUT2D eigenvalue weighted by Gasteiger charge is 2.15. The van der Waals surface area contributed by atoms with Crippen molar-refractivity contribution in [1.29, 1.82) is 0 Å². The van der Waals surface area contributed by atoms with Gasteiger partial charge in [0.2, 0.25) is 5.78 Å². The van der Waals surface area contributed by atoms with Crippen molar-refractivity contribution in [3.63, 3.8) is 0 Å². The van der Waals surface area contributed by atoms with Crippen LogP contribution in [0, 0.1) is 10.1 Å². The highest BCUT2D eigenvalue weighted by molar-refractivity contribution is 5.99. The smallest absolute Gasteiger partial charge is 0.265 e. The summed E-state index contributed by atoms with van der Waals surface area (Å²) in [4.78, 5) is 20.3. The van der Waals surface area contributed by atoms with Crippen LogP contribution in [0.2, 0.25) is 0 Å².